The van der Waals surface area contributed by atoms with Gasteiger partial charge in [0.2, 0.25) is 0 Å². The number of aromatic nitrogens is 2. The standard InChI is InChI=1S/C14H25N3/c1-3-13(14-15-7-8-16-14)17-10-12-6-4-5-11(2)9-12/h7-8,11-13,17H,3-6,9-10H2,1-2H3,(H,15,16). The minimum Gasteiger partial charge on any atom is -0.347 e. The van der Waals surface area contributed by atoms with Crippen LogP contribution in [0.1, 0.15) is 57.8 Å². The molecule has 1 aromatic heterocycles. The molecule has 1 fully saturated rings. The summed E-state index contributed by atoms with van der Waals surface area (Å²) in [5, 5.41) is 3.67. The van der Waals surface area contributed by atoms with E-state index in [9.17, 15) is 0 Å². The molecule has 3 atom stereocenters. The number of nitrogens with one attached hydrogen (secondary N) is 2. The van der Waals surface area contributed by atoms with Crippen LogP contribution in [-0.4, -0.2) is 16.5 Å². The van der Waals surface area contributed by atoms with Crippen molar-refractivity contribution in [2.24, 2.45) is 11.8 Å². The van der Waals surface area contributed by atoms with E-state index in [4.69, 9.17) is 0 Å². The number of H-pyrrole nitrogens is 1. The SMILES string of the molecule is CCC(NCC1CCCC(C)C1)c1ncc[nH]1. The van der Waals surface area contributed by atoms with Gasteiger partial charge in [0.05, 0.1) is 6.04 Å². The van der Waals surface area contributed by atoms with E-state index >= 15 is 0 Å². The summed E-state index contributed by atoms with van der Waals surface area (Å²) in [7, 11) is 0. The van der Waals surface area contributed by atoms with Crippen LogP contribution in [0.2, 0.25) is 0 Å². The second-order valence-corrected chi connectivity index (χ2v) is 5.48. The van der Waals surface area contributed by atoms with Gasteiger partial charge in [-0.05, 0) is 37.6 Å². The highest BCUT2D eigenvalue weighted by Crippen LogP contribution is 2.28. The molecule has 1 aliphatic rings. The van der Waals surface area contributed by atoms with E-state index in [1.165, 1.54) is 25.7 Å². The van der Waals surface area contributed by atoms with Crippen molar-refractivity contribution < 1.29 is 0 Å². The predicted octanol–water partition coefficient (Wildman–Crippen LogP) is 3.28. The molecule has 3 unspecified atom stereocenters. The molecule has 1 saturated carbocycles. The van der Waals surface area contributed by atoms with Gasteiger partial charge in [-0.2, -0.15) is 0 Å². The Bertz CT molecular complexity index is 307. The third-order valence-electron chi connectivity index (χ3n) is 3.96. The zero-order valence-electron chi connectivity index (χ0n) is 11.1. The molecule has 1 heterocycles. The second kappa shape index (κ2) is 6.20. The highest BCUT2D eigenvalue weighted by molar-refractivity contribution is 4.95. The van der Waals surface area contributed by atoms with Gasteiger partial charge in [0.15, 0.2) is 0 Å². The molecule has 0 aliphatic heterocycles. The molecule has 0 aromatic carbocycles. The highest BCUT2D eigenvalue weighted by Gasteiger charge is 2.20. The Morgan fingerprint density at radius 1 is 1.53 bits per heavy atom. The van der Waals surface area contributed by atoms with E-state index < -0.39 is 0 Å². The Balaban J connectivity index is 1.80. The van der Waals surface area contributed by atoms with Crippen molar-refractivity contribution in [3.05, 3.63) is 18.2 Å². The van der Waals surface area contributed by atoms with E-state index in [1.807, 2.05) is 12.4 Å². The Labute approximate surface area is 104 Å². The number of hydrogen-bond donors (Lipinski definition) is 2. The summed E-state index contributed by atoms with van der Waals surface area (Å²) in [5.41, 5.74) is 0. The Morgan fingerprint density at radius 2 is 2.41 bits per heavy atom. The topological polar surface area (TPSA) is 40.7 Å². The molecule has 0 amide bonds. The largest absolute Gasteiger partial charge is 0.347 e. The molecule has 2 N–H and O–H groups in total. The quantitative estimate of drug-likeness (QED) is 0.822. The molecule has 1 aliphatic carbocycles. The lowest BCUT2D eigenvalue weighted by atomic mass is 9.82. The average Bonchev–Trinajstić information content (AvgIpc) is 2.84. The summed E-state index contributed by atoms with van der Waals surface area (Å²) in [4.78, 5) is 7.56. The zero-order valence-corrected chi connectivity index (χ0v) is 11.1. The van der Waals surface area contributed by atoms with Gasteiger partial charge < -0.3 is 10.3 Å². The first-order valence-corrected chi connectivity index (χ1v) is 7.02. The van der Waals surface area contributed by atoms with E-state index in [0.717, 1.165) is 30.6 Å². The van der Waals surface area contributed by atoms with Crippen LogP contribution in [-0.2, 0) is 0 Å². The van der Waals surface area contributed by atoms with Crippen molar-refractivity contribution in [2.45, 2.75) is 52.0 Å². The van der Waals surface area contributed by atoms with Gasteiger partial charge >= 0.3 is 0 Å². The van der Waals surface area contributed by atoms with E-state index in [2.05, 4.69) is 29.1 Å². The number of imidazole rings is 1. The summed E-state index contributed by atoms with van der Waals surface area (Å²) in [5.74, 6) is 2.86. The molecular weight excluding hydrogens is 210 g/mol. The normalized spacial score (nSPS) is 26.9. The van der Waals surface area contributed by atoms with Gasteiger partial charge in [0, 0.05) is 12.4 Å². The fraction of sp³-hybridized carbons (Fsp3) is 0.786. The van der Waals surface area contributed by atoms with Crippen molar-refractivity contribution in [3.8, 4) is 0 Å². The van der Waals surface area contributed by atoms with Crippen LogP contribution >= 0.6 is 0 Å². The van der Waals surface area contributed by atoms with Crippen LogP contribution in [0.15, 0.2) is 12.4 Å². The first kappa shape index (κ1) is 12.6. The molecule has 0 radical (unpaired) electrons. The minimum absolute atomic E-state index is 0.391. The maximum Gasteiger partial charge on any atom is 0.123 e. The molecule has 0 spiro atoms. The Kier molecular flexibility index (Phi) is 4.60. The smallest absolute Gasteiger partial charge is 0.123 e. The third-order valence-corrected chi connectivity index (χ3v) is 3.96. The van der Waals surface area contributed by atoms with Gasteiger partial charge in [-0.15, -0.1) is 0 Å². The average molecular weight is 235 g/mol. The maximum atomic E-state index is 4.35. The summed E-state index contributed by atoms with van der Waals surface area (Å²) >= 11 is 0. The predicted molar refractivity (Wildman–Crippen MR) is 70.7 cm³/mol. The molecule has 3 nitrogen and oxygen atoms in total. The first-order valence-electron chi connectivity index (χ1n) is 7.02. The summed E-state index contributed by atoms with van der Waals surface area (Å²) in [6.07, 6.45) is 10.4. The number of nitrogens with zero attached hydrogens (tertiary/aromatic N) is 1. The molecular formula is C14H25N3. The summed E-state index contributed by atoms with van der Waals surface area (Å²) < 4.78 is 0. The van der Waals surface area contributed by atoms with Gasteiger partial charge in [0.25, 0.3) is 0 Å². The summed E-state index contributed by atoms with van der Waals surface area (Å²) in [6.45, 7) is 5.74. The Morgan fingerprint density at radius 3 is 3.06 bits per heavy atom. The van der Waals surface area contributed by atoms with Crippen LogP contribution < -0.4 is 5.32 Å². The molecule has 96 valence electrons. The first-order chi connectivity index (χ1) is 8.29. The van der Waals surface area contributed by atoms with Gasteiger partial charge in [-0.25, -0.2) is 4.98 Å². The number of hydrogen-bond acceptors (Lipinski definition) is 2. The molecule has 3 heteroatoms. The minimum atomic E-state index is 0.391. The van der Waals surface area contributed by atoms with E-state index in [0.29, 0.717) is 6.04 Å². The van der Waals surface area contributed by atoms with Crippen molar-refractivity contribution in [3.63, 3.8) is 0 Å². The number of aromatic amines is 1. The van der Waals surface area contributed by atoms with Crippen molar-refractivity contribution in [1.29, 1.82) is 0 Å². The van der Waals surface area contributed by atoms with Gasteiger partial charge in [-0.1, -0.05) is 26.7 Å². The van der Waals surface area contributed by atoms with Crippen LogP contribution in [0.25, 0.3) is 0 Å². The number of rotatable bonds is 5. The summed E-state index contributed by atoms with van der Waals surface area (Å²) in [6, 6.07) is 0.391. The lowest BCUT2D eigenvalue weighted by Crippen LogP contribution is -2.30. The van der Waals surface area contributed by atoms with Crippen LogP contribution in [0, 0.1) is 11.8 Å². The molecule has 17 heavy (non-hydrogen) atoms. The van der Waals surface area contributed by atoms with Gasteiger partial charge in [0.1, 0.15) is 5.82 Å². The zero-order chi connectivity index (χ0) is 12.1. The second-order valence-electron chi connectivity index (χ2n) is 5.48. The van der Waals surface area contributed by atoms with Crippen LogP contribution in [0.4, 0.5) is 0 Å². The fourth-order valence-electron chi connectivity index (χ4n) is 2.96. The van der Waals surface area contributed by atoms with E-state index in [1.54, 1.807) is 0 Å². The van der Waals surface area contributed by atoms with Gasteiger partial charge in [-0.3, -0.25) is 0 Å². The molecule has 1 aromatic rings. The molecule has 2 rings (SSSR count). The van der Waals surface area contributed by atoms with Crippen LogP contribution in [0.3, 0.4) is 0 Å². The van der Waals surface area contributed by atoms with Crippen LogP contribution in [0.5, 0.6) is 0 Å². The van der Waals surface area contributed by atoms with Crippen molar-refractivity contribution in [1.82, 2.24) is 15.3 Å². The van der Waals surface area contributed by atoms with E-state index in [-0.39, 0.29) is 0 Å². The molecule has 0 saturated heterocycles. The lowest BCUT2D eigenvalue weighted by molar-refractivity contribution is 0.265. The Hall–Kier alpha value is -0.830. The fourth-order valence-corrected chi connectivity index (χ4v) is 2.96. The monoisotopic (exact) mass is 235 g/mol. The lowest BCUT2D eigenvalue weighted by Gasteiger charge is -2.28. The maximum absolute atomic E-state index is 4.35. The van der Waals surface area contributed by atoms with Crippen molar-refractivity contribution in [2.75, 3.05) is 6.54 Å². The third kappa shape index (κ3) is 3.56. The van der Waals surface area contributed by atoms with Crippen molar-refractivity contribution >= 4 is 0 Å². The highest BCUT2D eigenvalue weighted by atomic mass is 15.0. The molecule has 0 bridgehead atoms.